The van der Waals surface area contributed by atoms with E-state index in [2.05, 4.69) is 19.8 Å². The maximum atomic E-state index is 11.2. The molecule has 0 bridgehead atoms. The van der Waals surface area contributed by atoms with Crippen LogP contribution in [0.2, 0.25) is 0 Å². The molecule has 26 heavy (non-hydrogen) atoms. The van der Waals surface area contributed by atoms with Gasteiger partial charge in [0.1, 0.15) is 6.20 Å². The molecule has 0 unspecified atom stereocenters. The van der Waals surface area contributed by atoms with E-state index in [1.54, 1.807) is 7.05 Å². The van der Waals surface area contributed by atoms with Crippen LogP contribution in [0.1, 0.15) is 0 Å². The van der Waals surface area contributed by atoms with Crippen LogP contribution in [0, 0.1) is 10.1 Å². The summed E-state index contributed by atoms with van der Waals surface area (Å²) in [7, 11) is 1.65. The van der Waals surface area contributed by atoms with Gasteiger partial charge in [0.05, 0.1) is 18.1 Å². The second kappa shape index (κ2) is 6.85. The number of nitro groups is 1. The van der Waals surface area contributed by atoms with E-state index in [4.69, 9.17) is 4.98 Å². The third-order valence-electron chi connectivity index (χ3n) is 4.85. The van der Waals surface area contributed by atoms with Gasteiger partial charge in [0, 0.05) is 39.3 Å². The van der Waals surface area contributed by atoms with Crippen LogP contribution in [0.15, 0.2) is 30.5 Å². The van der Waals surface area contributed by atoms with E-state index in [9.17, 15) is 10.1 Å². The van der Waals surface area contributed by atoms with E-state index in [-0.39, 0.29) is 5.82 Å². The standard InChI is InChI=1S/C17H21N7O2/c1-21-15(24(25)26)12-19-16(21)17-20-13-4-2-3-5-14(13)23(17)11-10-22-8-6-18-7-9-22/h2-5,12,18H,6-11H2,1H3. The molecule has 1 saturated heterocycles. The predicted molar refractivity (Wildman–Crippen MR) is 97.9 cm³/mol. The molecule has 0 atom stereocenters. The molecular formula is C17H21N7O2. The highest BCUT2D eigenvalue weighted by molar-refractivity contribution is 5.79. The van der Waals surface area contributed by atoms with Gasteiger partial charge in [-0.05, 0) is 17.1 Å². The number of fused-ring (bicyclic) bond motifs is 1. The molecule has 2 aromatic heterocycles. The van der Waals surface area contributed by atoms with E-state index in [0.717, 1.165) is 50.3 Å². The molecule has 3 heterocycles. The van der Waals surface area contributed by atoms with Crippen molar-refractivity contribution < 1.29 is 4.92 Å². The van der Waals surface area contributed by atoms with Crippen molar-refractivity contribution in [1.82, 2.24) is 29.3 Å². The third kappa shape index (κ3) is 2.95. The van der Waals surface area contributed by atoms with Gasteiger partial charge in [-0.15, -0.1) is 0 Å². The first-order chi connectivity index (χ1) is 12.6. The van der Waals surface area contributed by atoms with Crippen LogP contribution in [-0.4, -0.2) is 61.6 Å². The molecule has 0 spiro atoms. The number of aromatic nitrogens is 4. The maximum absolute atomic E-state index is 11.2. The molecule has 1 aliphatic heterocycles. The average molecular weight is 355 g/mol. The molecule has 9 nitrogen and oxygen atoms in total. The lowest BCUT2D eigenvalue weighted by Gasteiger charge is -2.27. The number of nitrogens with one attached hydrogen (secondary N) is 1. The Balaban J connectivity index is 1.73. The lowest BCUT2D eigenvalue weighted by atomic mass is 10.3. The monoisotopic (exact) mass is 355 g/mol. The summed E-state index contributed by atoms with van der Waals surface area (Å²) in [5, 5.41) is 14.5. The molecule has 1 fully saturated rings. The number of nitrogens with zero attached hydrogens (tertiary/aromatic N) is 6. The van der Waals surface area contributed by atoms with Crippen LogP contribution in [0.25, 0.3) is 22.7 Å². The minimum absolute atomic E-state index is 0.0410. The van der Waals surface area contributed by atoms with Crippen LogP contribution in [0.3, 0.4) is 0 Å². The number of para-hydroxylation sites is 2. The molecular weight excluding hydrogens is 334 g/mol. The van der Waals surface area contributed by atoms with Gasteiger partial charge in [0.15, 0.2) is 0 Å². The minimum Gasteiger partial charge on any atom is -0.358 e. The van der Waals surface area contributed by atoms with Gasteiger partial charge in [-0.25, -0.2) is 14.5 Å². The van der Waals surface area contributed by atoms with E-state index in [0.29, 0.717) is 11.6 Å². The van der Waals surface area contributed by atoms with Crippen molar-refractivity contribution >= 4 is 16.9 Å². The Morgan fingerprint density at radius 3 is 2.69 bits per heavy atom. The topological polar surface area (TPSA) is 94.0 Å². The maximum Gasteiger partial charge on any atom is 0.343 e. The van der Waals surface area contributed by atoms with Gasteiger partial charge < -0.3 is 20.0 Å². The molecule has 3 aromatic rings. The second-order valence-corrected chi connectivity index (χ2v) is 6.42. The number of rotatable bonds is 5. The molecule has 136 valence electrons. The van der Waals surface area contributed by atoms with Crippen LogP contribution in [0.4, 0.5) is 5.82 Å². The Labute approximate surface area is 150 Å². The number of piperazine rings is 1. The van der Waals surface area contributed by atoms with Gasteiger partial charge in [-0.3, -0.25) is 4.90 Å². The lowest BCUT2D eigenvalue weighted by molar-refractivity contribution is -0.391. The Morgan fingerprint density at radius 2 is 1.96 bits per heavy atom. The zero-order valence-corrected chi connectivity index (χ0v) is 14.6. The van der Waals surface area contributed by atoms with Gasteiger partial charge >= 0.3 is 5.82 Å². The molecule has 0 amide bonds. The first-order valence-corrected chi connectivity index (χ1v) is 8.70. The molecule has 0 saturated carbocycles. The molecule has 0 radical (unpaired) electrons. The van der Waals surface area contributed by atoms with Crippen LogP contribution in [0.5, 0.6) is 0 Å². The summed E-state index contributed by atoms with van der Waals surface area (Å²) in [5.74, 6) is 1.13. The van der Waals surface area contributed by atoms with Crippen molar-refractivity contribution in [3.8, 4) is 11.6 Å². The molecule has 0 aliphatic carbocycles. The van der Waals surface area contributed by atoms with Crippen molar-refractivity contribution in [2.45, 2.75) is 6.54 Å². The third-order valence-corrected chi connectivity index (χ3v) is 4.85. The van der Waals surface area contributed by atoms with Crippen LogP contribution >= 0.6 is 0 Å². The molecule has 4 rings (SSSR count). The summed E-state index contributed by atoms with van der Waals surface area (Å²) in [5.41, 5.74) is 1.89. The molecule has 9 heteroatoms. The van der Waals surface area contributed by atoms with E-state index in [1.165, 1.54) is 10.8 Å². The summed E-state index contributed by atoms with van der Waals surface area (Å²) >= 11 is 0. The first-order valence-electron chi connectivity index (χ1n) is 8.70. The largest absolute Gasteiger partial charge is 0.358 e. The molecule has 1 aliphatic rings. The number of hydrogen-bond acceptors (Lipinski definition) is 6. The highest BCUT2D eigenvalue weighted by Gasteiger charge is 2.24. The Hall–Kier alpha value is -2.78. The van der Waals surface area contributed by atoms with E-state index < -0.39 is 4.92 Å². The number of imidazole rings is 2. The normalized spacial score (nSPS) is 15.6. The highest BCUT2D eigenvalue weighted by Crippen LogP contribution is 2.26. The smallest absolute Gasteiger partial charge is 0.343 e. The zero-order valence-electron chi connectivity index (χ0n) is 14.6. The highest BCUT2D eigenvalue weighted by atomic mass is 16.6. The predicted octanol–water partition coefficient (Wildman–Crippen LogP) is 1.25. The van der Waals surface area contributed by atoms with Crippen molar-refractivity contribution in [3.05, 3.63) is 40.6 Å². The molecule has 1 aromatic carbocycles. The van der Waals surface area contributed by atoms with Crippen molar-refractivity contribution in [2.24, 2.45) is 7.05 Å². The Kier molecular flexibility index (Phi) is 4.39. The van der Waals surface area contributed by atoms with Gasteiger partial charge in [-0.1, -0.05) is 12.1 Å². The van der Waals surface area contributed by atoms with Gasteiger partial charge in [-0.2, -0.15) is 0 Å². The van der Waals surface area contributed by atoms with Crippen LogP contribution < -0.4 is 5.32 Å². The SMILES string of the molecule is Cn1c([N+](=O)[O-])cnc1-c1nc2ccccc2n1CCN1CCNCC1. The van der Waals surface area contributed by atoms with Gasteiger partial charge in [0.2, 0.25) is 5.82 Å². The second-order valence-electron chi connectivity index (χ2n) is 6.42. The fourth-order valence-electron chi connectivity index (χ4n) is 3.43. The number of hydrogen-bond donors (Lipinski definition) is 1. The lowest BCUT2D eigenvalue weighted by Crippen LogP contribution is -2.44. The average Bonchev–Trinajstić information content (AvgIpc) is 3.21. The number of benzene rings is 1. The summed E-state index contributed by atoms with van der Waals surface area (Å²) in [6, 6.07) is 7.91. The first kappa shape index (κ1) is 16.7. The van der Waals surface area contributed by atoms with E-state index in [1.807, 2.05) is 24.3 Å². The van der Waals surface area contributed by atoms with Crippen molar-refractivity contribution in [1.29, 1.82) is 0 Å². The van der Waals surface area contributed by atoms with Crippen molar-refractivity contribution in [3.63, 3.8) is 0 Å². The quantitative estimate of drug-likeness (QED) is 0.547. The van der Waals surface area contributed by atoms with Crippen molar-refractivity contribution in [2.75, 3.05) is 32.7 Å². The van der Waals surface area contributed by atoms with Crippen LogP contribution in [-0.2, 0) is 13.6 Å². The summed E-state index contributed by atoms with van der Waals surface area (Å²) in [4.78, 5) is 22.1. The van der Waals surface area contributed by atoms with E-state index >= 15 is 0 Å². The fraction of sp³-hybridized carbons (Fsp3) is 0.412. The van der Waals surface area contributed by atoms with Gasteiger partial charge in [0.25, 0.3) is 5.82 Å². The molecule has 1 N–H and O–H groups in total. The Morgan fingerprint density at radius 1 is 1.19 bits per heavy atom. The summed E-state index contributed by atoms with van der Waals surface area (Å²) in [6.07, 6.45) is 1.29. The fourth-order valence-corrected chi connectivity index (χ4v) is 3.43. The zero-order chi connectivity index (χ0) is 18.1. The Bertz CT molecular complexity index is 940. The summed E-state index contributed by atoms with van der Waals surface area (Å²) < 4.78 is 3.60. The minimum atomic E-state index is -0.426. The summed E-state index contributed by atoms with van der Waals surface area (Å²) in [6.45, 7) is 5.72.